The van der Waals surface area contributed by atoms with Gasteiger partial charge in [-0.15, -0.1) is 0 Å². The van der Waals surface area contributed by atoms with Crippen LogP contribution in [0.3, 0.4) is 0 Å². The Morgan fingerprint density at radius 1 is 1.11 bits per heavy atom. The smallest absolute Gasteiger partial charge is 0.123 e. The van der Waals surface area contributed by atoms with Gasteiger partial charge >= 0.3 is 0 Å². The topological polar surface area (TPSA) is 35.9 Å². The summed E-state index contributed by atoms with van der Waals surface area (Å²) in [6.07, 6.45) is 0.745. The van der Waals surface area contributed by atoms with Gasteiger partial charge in [0, 0.05) is 45.4 Å². The summed E-state index contributed by atoms with van der Waals surface area (Å²) in [4.78, 5) is 4.80. The lowest BCUT2D eigenvalue weighted by Gasteiger charge is -2.41. The van der Waals surface area contributed by atoms with Crippen LogP contribution in [-0.2, 0) is 13.1 Å². The van der Waals surface area contributed by atoms with Gasteiger partial charge in [-0.25, -0.2) is 4.39 Å². The fourth-order valence-electron chi connectivity index (χ4n) is 3.90. The van der Waals surface area contributed by atoms with E-state index in [0.717, 1.165) is 56.0 Å². The van der Waals surface area contributed by atoms with Gasteiger partial charge in [0.05, 0.1) is 7.11 Å². The Bertz CT molecular complexity index is 753. The zero-order valence-electron chi connectivity index (χ0n) is 16.2. The molecular formula is C22H29FN2O2. The van der Waals surface area contributed by atoms with E-state index in [0.29, 0.717) is 6.04 Å². The second kappa shape index (κ2) is 9.31. The molecule has 0 spiro atoms. The minimum atomic E-state index is -0.187. The highest BCUT2D eigenvalue weighted by molar-refractivity contribution is 5.36. The summed E-state index contributed by atoms with van der Waals surface area (Å²) in [5.41, 5.74) is 3.39. The van der Waals surface area contributed by atoms with Gasteiger partial charge in [-0.1, -0.05) is 24.3 Å². The molecule has 3 rings (SSSR count). The number of piperazine rings is 1. The molecule has 0 unspecified atom stereocenters. The SMILES string of the molecule is COc1ccc(CN2CCN(Cc3cccc(F)c3)C[C@@H]2CCO)cc1C. The van der Waals surface area contributed by atoms with E-state index >= 15 is 0 Å². The van der Waals surface area contributed by atoms with Crippen LogP contribution in [0, 0.1) is 12.7 Å². The van der Waals surface area contributed by atoms with Crippen molar-refractivity contribution < 1.29 is 14.2 Å². The molecular weight excluding hydrogens is 343 g/mol. The quantitative estimate of drug-likeness (QED) is 0.810. The van der Waals surface area contributed by atoms with Crippen LogP contribution >= 0.6 is 0 Å². The fourth-order valence-corrected chi connectivity index (χ4v) is 3.90. The number of ether oxygens (including phenoxy) is 1. The van der Waals surface area contributed by atoms with Crippen molar-refractivity contribution >= 4 is 0 Å². The van der Waals surface area contributed by atoms with Gasteiger partial charge in [-0.05, 0) is 48.2 Å². The van der Waals surface area contributed by atoms with Crippen LogP contribution in [0.5, 0.6) is 5.75 Å². The number of halogens is 1. The van der Waals surface area contributed by atoms with Crippen molar-refractivity contribution in [1.82, 2.24) is 9.80 Å². The molecule has 4 nitrogen and oxygen atoms in total. The molecule has 0 aliphatic carbocycles. The lowest BCUT2D eigenvalue weighted by molar-refractivity contribution is 0.0499. The van der Waals surface area contributed by atoms with E-state index in [2.05, 4.69) is 28.9 Å². The highest BCUT2D eigenvalue weighted by Crippen LogP contribution is 2.22. The molecule has 1 heterocycles. The molecule has 0 radical (unpaired) electrons. The van der Waals surface area contributed by atoms with Crippen molar-refractivity contribution in [3.05, 3.63) is 65.0 Å². The van der Waals surface area contributed by atoms with Gasteiger partial charge in [-0.2, -0.15) is 0 Å². The molecule has 2 aromatic rings. The van der Waals surface area contributed by atoms with E-state index in [-0.39, 0.29) is 12.4 Å². The Labute approximate surface area is 161 Å². The maximum atomic E-state index is 13.4. The van der Waals surface area contributed by atoms with Gasteiger partial charge in [0.1, 0.15) is 11.6 Å². The van der Waals surface area contributed by atoms with Crippen LogP contribution in [-0.4, -0.2) is 54.3 Å². The van der Waals surface area contributed by atoms with Crippen molar-refractivity contribution in [3.63, 3.8) is 0 Å². The molecule has 1 fully saturated rings. The summed E-state index contributed by atoms with van der Waals surface area (Å²) < 4.78 is 18.8. The number of aryl methyl sites for hydroxylation is 1. The molecule has 1 saturated heterocycles. The number of benzene rings is 2. The van der Waals surface area contributed by atoms with Crippen molar-refractivity contribution in [2.45, 2.75) is 32.5 Å². The molecule has 1 aliphatic heterocycles. The summed E-state index contributed by atoms with van der Waals surface area (Å²) in [6.45, 7) is 6.60. The van der Waals surface area contributed by atoms with E-state index in [1.807, 2.05) is 12.1 Å². The normalized spacial score (nSPS) is 18.6. The summed E-state index contributed by atoms with van der Waals surface area (Å²) in [5, 5.41) is 9.52. The summed E-state index contributed by atoms with van der Waals surface area (Å²) >= 11 is 0. The molecule has 5 heteroatoms. The Hall–Kier alpha value is -1.95. The number of hydrogen-bond acceptors (Lipinski definition) is 4. The maximum Gasteiger partial charge on any atom is 0.123 e. The van der Waals surface area contributed by atoms with Crippen molar-refractivity contribution in [3.8, 4) is 5.75 Å². The minimum absolute atomic E-state index is 0.177. The van der Waals surface area contributed by atoms with Crippen LogP contribution in [0.4, 0.5) is 4.39 Å². The van der Waals surface area contributed by atoms with E-state index in [9.17, 15) is 9.50 Å². The number of nitrogens with zero attached hydrogens (tertiary/aromatic N) is 2. The molecule has 146 valence electrons. The summed E-state index contributed by atoms with van der Waals surface area (Å²) in [6, 6.07) is 13.4. The first-order chi connectivity index (χ1) is 13.1. The largest absolute Gasteiger partial charge is 0.496 e. The minimum Gasteiger partial charge on any atom is -0.496 e. The monoisotopic (exact) mass is 372 g/mol. The average molecular weight is 372 g/mol. The third-order valence-electron chi connectivity index (χ3n) is 5.29. The maximum absolute atomic E-state index is 13.4. The van der Waals surface area contributed by atoms with Crippen molar-refractivity contribution in [2.75, 3.05) is 33.4 Å². The molecule has 27 heavy (non-hydrogen) atoms. The molecule has 1 N–H and O–H groups in total. The lowest BCUT2D eigenvalue weighted by atomic mass is 10.0. The average Bonchev–Trinajstić information content (AvgIpc) is 2.64. The first kappa shape index (κ1) is 19.8. The first-order valence-electron chi connectivity index (χ1n) is 9.54. The zero-order valence-corrected chi connectivity index (χ0v) is 16.2. The van der Waals surface area contributed by atoms with Gasteiger partial charge in [0.15, 0.2) is 0 Å². The number of hydrogen-bond donors (Lipinski definition) is 1. The van der Waals surface area contributed by atoms with Gasteiger partial charge in [0.25, 0.3) is 0 Å². The Morgan fingerprint density at radius 2 is 1.93 bits per heavy atom. The number of methoxy groups -OCH3 is 1. The number of aliphatic hydroxyl groups is 1. The summed E-state index contributed by atoms with van der Waals surface area (Å²) in [5.74, 6) is 0.721. The highest BCUT2D eigenvalue weighted by atomic mass is 19.1. The molecule has 2 aromatic carbocycles. The predicted octanol–water partition coefficient (Wildman–Crippen LogP) is 3.21. The Balaban J connectivity index is 1.64. The van der Waals surface area contributed by atoms with E-state index in [4.69, 9.17) is 4.74 Å². The molecule has 0 amide bonds. The standard InChI is InChI=1S/C22H29FN2O2/c1-17-12-19(6-7-22(17)27-2)15-25-10-9-24(16-21(25)8-11-26)14-18-4-3-5-20(23)13-18/h3-7,12-13,21,26H,8-11,14-16H2,1-2H3/t21-/m0/s1. The van der Waals surface area contributed by atoms with Gasteiger partial charge < -0.3 is 9.84 Å². The van der Waals surface area contributed by atoms with E-state index in [1.54, 1.807) is 19.2 Å². The molecule has 0 bridgehead atoms. The molecule has 1 atom stereocenters. The number of rotatable bonds is 7. The third kappa shape index (κ3) is 5.28. The van der Waals surface area contributed by atoms with E-state index < -0.39 is 0 Å². The Kier molecular flexibility index (Phi) is 6.83. The van der Waals surface area contributed by atoms with Crippen LogP contribution in [0.25, 0.3) is 0 Å². The lowest BCUT2D eigenvalue weighted by Crippen LogP contribution is -2.52. The highest BCUT2D eigenvalue weighted by Gasteiger charge is 2.26. The van der Waals surface area contributed by atoms with E-state index in [1.165, 1.54) is 11.6 Å². The van der Waals surface area contributed by atoms with Crippen LogP contribution in [0.1, 0.15) is 23.1 Å². The Morgan fingerprint density at radius 3 is 2.63 bits per heavy atom. The summed E-state index contributed by atoms with van der Waals surface area (Å²) in [7, 11) is 1.69. The molecule has 0 aromatic heterocycles. The fraction of sp³-hybridized carbons (Fsp3) is 0.455. The predicted molar refractivity (Wildman–Crippen MR) is 105 cm³/mol. The first-order valence-corrected chi connectivity index (χ1v) is 9.54. The van der Waals surface area contributed by atoms with Crippen molar-refractivity contribution in [2.24, 2.45) is 0 Å². The zero-order chi connectivity index (χ0) is 19.2. The second-order valence-corrected chi connectivity index (χ2v) is 7.31. The van der Waals surface area contributed by atoms with Crippen molar-refractivity contribution in [1.29, 1.82) is 0 Å². The van der Waals surface area contributed by atoms with Crippen LogP contribution in [0.15, 0.2) is 42.5 Å². The molecule has 1 aliphatic rings. The van der Waals surface area contributed by atoms with Gasteiger partial charge in [-0.3, -0.25) is 9.80 Å². The molecule has 0 saturated carbocycles. The second-order valence-electron chi connectivity index (χ2n) is 7.31. The van der Waals surface area contributed by atoms with Crippen LogP contribution < -0.4 is 4.74 Å². The third-order valence-corrected chi connectivity index (χ3v) is 5.29. The van der Waals surface area contributed by atoms with Crippen LogP contribution in [0.2, 0.25) is 0 Å². The number of aliphatic hydroxyl groups excluding tert-OH is 1. The van der Waals surface area contributed by atoms with Gasteiger partial charge in [0.2, 0.25) is 0 Å².